The second-order valence-electron chi connectivity index (χ2n) is 3.08. The number of benzene rings is 1. The van der Waals surface area contributed by atoms with Gasteiger partial charge in [0.25, 0.3) is 0 Å². The van der Waals surface area contributed by atoms with Gasteiger partial charge in [-0.05, 0) is 31.0 Å². The average molecular weight is 267 g/mol. The maximum absolute atomic E-state index is 8.95. The number of hydrogen-bond acceptors (Lipinski definition) is 3. The molecule has 1 rings (SSSR count). The molecule has 4 nitrogen and oxygen atoms in total. The lowest BCUT2D eigenvalue weighted by atomic mass is 10.2. The molecule has 92 valence electrons. The van der Waals surface area contributed by atoms with Crippen LogP contribution in [-0.2, 0) is 9.33 Å². The van der Waals surface area contributed by atoms with Gasteiger partial charge in [0.05, 0.1) is 6.61 Å². The van der Waals surface area contributed by atoms with Crippen molar-refractivity contribution in [2.45, 2.75) is 20.3 Å². The Morgan fingerprint density at radius 3 is 2.44 bits per heavy atom. The van der Waals surface area contributed by atoms with E-state index in [-0.39, 0.29) is 0 Å². The van der Waals surface area contributed by atoms with Crippen LogP contribution in [0.2, 0.25) is 0 Å². The van der Waals surface area contributed by atoms with E-state index in [2.05, 4.69) is 36.7 Å². The van der Waals surface area contributed by atoms with Crippen LogP contribution in [0.4, 0.5) is 0 Å². The van der Waals surface area contributed by atoms with Crippen molar-refractivity contribution in [3.05, 3.63) is 29.8 Å². The fourth-order valence-corrected chi connectivity index (χ4v) is 0.925. The van der Waals surface area contributed by atoms with Crippen LogP contribution in [0.3, 0.4) is 0 Å². The van der Waals surface area contributed by atoms with E-state index in [4.69, 9.17) is 17.7 Å². The molecule has 16 heavy (non-hydrogen) atoms. The molecule has 0 aliphatic rings. The predicted octanol–water partition coefficient (Wildman–Crippen LogP) is 2.81. The number of hydrogen-bond donors (Lipinski definition) is 1. The Kier molecular flexibility index (Phi) is 7.12. The van der Waals surface area contributed by atoms with Crippen LogP contribution < -0.4 is 4.74 Å². The summed E-state index contributed by atoms with van der Waals surface area (Å²) in [6.07, 6.45) is 1.06. The summed E-state index contributed by atoms with van der Waals surface area (Å²) in [5, 5.41) is 0. The largest absolute Gasteiger partial charge is 0.494 e. The first kappa shape index (κ1) is 15.2. The third-order valence-electron chi connectivity index (χ3n) is 1.46. The van der Waals surface area contributed by atoms with Crippen molar-refractivity contribution in [2.75, 3.05) is 6.61 Å². The predicted molar refractivity (Wildman–Crippen MR) is 64.4 cm³/mol. The van der Waals surface area contributed by atoms with Gasteiger partial charge < -0.3 is 4.74 Å². The van der Waals surface area contributed by atoms with Crippen molar-refractivity contribution in [3.63, 3.8) is 0 Å². The average Bonchev–Trinajstić information content (AvgIpc) is 2.12. The Morgan fingerprint density at radius 2 is 2.00 bits per heavy atom. The van der Waals surface area contributed by atoms with Gasteiger partial charge in [-0.15, -0.1) is 0 Å². The highest BCUT2D eigenvalue weighted by Crippen LogP contribution is 2.11. The molecule has 0 aliphatic carbocycles. The molecule has 6 heteroatoms. The van der Waals surface area contributed by atoms with Crippen LogP contribution in [0.1, 0.15) is 18.9 Å². The molecule has 0 radical (unpaired) electrons. The van der Waals surface area contributed by atoms with Crippen LogP contribution in [0.25, 0.3) is 0 Å². The van der Waals surface area contributed by atoms with Gasteiger partial charge in [0.15, 0.2) is 0 Å². The molecule has 0 aliphatic heterocycles. The van der Waals surface area contributed by atoms with E-state index in [0.717, 1.165) is 18.8 Å². The van der Waals surface area contributed by atoms with E-state index in [0.29, 0.717) is 0 Å². The molecule has 0 bridgehead atoms. The minimum atomic E-state index is -4.19. The highest BCUT2D eigenvalue weighted by Gasteiger charge is 1.90. The maximum Gasteiger partial charge on any atom is 0.353 e. The first-order chi connectivity index (χ1) is 7.33. The fraction of sp³-hybridized carbons (Fsp3) is 0.400. The number of halogens is 1. The Balaban J connectivity index is 0.000000385. The van der Waals surface area contributed by atoms with Crippen molar-refractivity contribution in [1.82, 2.24) is 0 Å². The monoisotopic (exact) mass is 266 g/mol. The van der Waals surface area contributed by atoms with E-state index >= 15 is 0 Å². The van der Waals surface area contributed by atoms with Crippen LogP contribution in [0.15, 0.2) is 24.3 Å². The van der Waals surface area contributed by atoms with Crippen LogP contribution in [0.5, 0.6) is 5.75 Å². The normalized spacial score (nSPS) is 10.2. The lowest BCUT2D eigenvalue weighted by Gasteiger charge is -2.03. The van der Waals surface area contributed by atoms with Crippen molar-refractivity contribution in [1.29, 1.82) is 0 Å². The summed E-state index contributed by atoms with van der Waals surface area (Å²) in [5.74, 6) is 0.979. The summed E-state index contributed by atoms with van der Waals surface area (Å²) in [5.41, 5.74) is 1.25. The Morgan fingerprint density at radius 1 is 1.44 bits per heavy atom. The summed E-state index contributed by atoms with van der Waals surface area (Å²) in [6.45, 7) is 4.98. The summed E-state index contributed by atoms with van der Waals surface area (Å²) >= 11 is 0. The number of rotatable bonds is 3. The van der Waals surface area contributed by atoms with Gasteiger partial charge in [0.2, 0.25) is 0 Å². The molecule has 1 aromatic rings. The van der Waals surface area contributed by atoms with Crippen molar-refractivity contribution in [2.24, 2.45) is 0 Å². The first-order valence-electron chi connectivity index (χ1n) is 4.69. The molecule has 0 spiro atoms. The molecule has 0 unspecified atom stereocenters. The second kappa shape index (κ2) is 7.49. The lowest BCUT2D eigenvalue weighted by Crippen LogP contribution is -1.94. The molecule has 0 saturated heterocycles. The summed E-state index contributed by atoms with van der Waals surface area (Å²) in [7, 11) is -0.137. The topological polar surface area (TPSA) is 63.6 Å². The highest BCUT2D eigenvalue weighted by molar-refractivity contribution is 8.09. The lowest BCUT2D eigenvalue weighted by molar-refractivity contribution is 0.317. The van der Waals surface area contributed by atoms with Gasteiger partial charge in [-0.3, -0.25) is 4.55 Å². The van der Waals surface area contributed by atoms with E-state index in [1.54, 1.807) is 0 Å². The zero-order chi connectivity index (χ0) is 12.6. The summed E-state index contributed by atoms with van der Waals surface area (Å²) < 4.78 is 30.6. The zero-order valence-corrected chi connectivity index (χ0v) is 10.8. The molecule has 1 aromatic carbocycles. The quantitative estimate of drug-likeness (QED) is 0.675. The zero-order valence-electron chi connectivity index (χ0n) is 9.18. The molecule has 0 atom stereocenters. The molecule has 0 heterocycles. The van der Waals surface area contributed by atoms with E-state index < -0.39 is 9.33 Å². The Bertz CT molecular complexity index is 395. The van der Waals surface area contributed by atoms with Gasteiger partial charge in [-0.1, -0.05) is 19.1 Å². The van der Waals surface area contributed by atoms with Crippen molar-refractivity contribution in [3.8, 4) is 5.75 Å². The highest BCUT2D eigenvalue weighted by atomic mass is 35.7. The van der Waals surface area contributed by atoms with Gasteiger partial charge in [0.1, 0.15) is 5.75 Å². The molecular formula is C10H15ClO4S. The van der Waals surface area contributed by atoms with Gasteiger partial charge >= 0.3 is 9.33 Å². The van der Waals surface area contributed by atoms with Gasteiger partial charge in [-0.2, -0.15) is 8.42 Å². The number of aryl methyl sites for hydroxylation is 1. The SMILES string of the molecule is CCCOc1cccc(C)c1.O=S(=O)(O)Cl. The van der Waals surface area contributed by atoms with Gasteiger partial charge in [-0.25, -0.2) is 0 Å². The van der Waals surface area contributed by atoms with Crippen molar-refractivity contribution < 1.29 is 17.7 Å². The Labute approximate surface area is 100 Å². The van der Waals surface area contributed by atoms with Crippen LogP contribution >= 0.6 is 10.7 Å². The van der Waals surface area contributed by atoms with Crippen LogP contribution in [-0.4, -0.2) is 19.6 Å². The summed E-state index contributed by atoms with van der Waals surface area (Å²) in [4.78, 5) is 0. The van der Waals surface area contributed by atoms with E-state index in [9.17, 15) is 0 Å². The third-order valence-corrected chi connectivity index (χ3v) is 1.46. The molecule has 0 aromatic heterocycles. The standard InChI is InChI=1S/C10H14O.ClHO3S/c1-3-7-11-10-6-4-5-9(2)8-10;1-5(2,3)4/h4-6,8H,3,7H2,1-2H3;(H,2,3,4). The smallest absolute Gasteiger partial charge is 0.353 e. The number of ether oxygens (including phenoxy) is 1. The first-order valence-corrected chi connectivity index (χ1v) is 6.96. The van der Waals surface area contributed by atoms with E-state index in [1.807, 2.05) is 12.1 Å². The second-order valence-corrected chi connectivity index (χ2v) is 5.07. The minimum Gasteiger partial charge on any atom is -0.494 e. The molecule has 0 amide bonds. The van der Waals surface area contributed by atoms with Crippen molar-refractivity contribution >= 4 is 20.0 Å². The molecule has 0 fully saturated rings. The van der Waals surface area contributed by atoms with Gasteiger partial charge in [0, 0.05) is 10.7 Å². The fourth-order valence-electron chi connectivity index (χ4n) is 0.925. The van der Waals surface area contributed by atoms with E-state index in [1.165, 1.54) is 5.56 Å². The van der Waals surface area contributed by atoms with Crippen LogP contribution in [0, 0.1) is 6.92 Å². The summed E-state index contributed by atoms with van der Waals surface area (Å²) in [6, 6.07) is 8.12. The molecule has 0 saturated carbocycles. The molecular weight excluding hydrogens is 252 g/mol. The maximum atomic E-state index is 8.95. The Hall–Kier alpha value is -0.780. The minimum absolute atomic E-state index is 0.809. The third kappa shape index (κ3) is 11.3. The molecule has 1 N–H and O–H groups in total.